The quantitative estimate of drug-likeness (QED) is 0.711. The lowest BCUT2D eigenvalue weighted by molar-refractivity contribution is -0.140. The summed E-state index contributed by atoms with van der Waals surface area (Å²) in [7, 11) is 0. The van der Waals surface area contributed by atoms with Crippen LogP contribution >= 0.6 is 0 Å². The maximum Gasteiger partial charge on any atom is 0.338 e. The molecule has 0 spiro atoms. The van der Waals surface area contributed by atoms with E-state index in [1.54, 1.807) is 31.2 Å². The lowest BCUT2D eigenvalue weighted by atomic mass is 9.95. The Kier molecular flexibility index (Phi) is 5.47. The van der Waals surface area contributed by atoms with E-state index in [4.69, 9.17) is 18.9 Å². The molecule has 8 nitrogen and oxygen atoms in total. The van der Waals surface area contributed by atoms with Gasteiger partial charge in [0.1, 0.15) is 12.4 Å². The third kappa shape index (κ3) is 4.03. The fourth-order valence-corrected chi connectivity index (χ4v) is 3.39. The maximum absolute atomic E-state index is 12.9. The molecular weight excluding hydrogens is 388 g/mol. The van der Waals surface area contributed by atoms with Gasteiger partial charge < -0.3 is 29.6 Å². The van der Waals surface area contributed by atoms with Crippen molar-refractivity contribution < 1.29 is 28.5 Å². The van der Waals surface area contributed by atoms with Crippen LogP contribution in [0.25, 0.3) is 0 Å². The molecule has 0 bridgehead atoms. The number of nitrogens with one attached hydrogen (secondary N) is 2. The van der Waals surface area contributed by atoms with Crippen LogP contribution in [0.2, 0.25) is 0 Å². The van der Waals surface area contributed by atoms with Crippen LogP contribution in [-0.2, 0) is 16.1 Å². The molecule has 30 heavy (non-hydrogen) atoms. The minimum Gasteiger partial charge on any atom is -0.494 e. The number of esters is 1. The Labute approximate surface area is 173 Å². The van der Waals surface area contributed by atoms with Crippen LogP contribution in [0.4, 0.5) is 4.79 Å². The molecule has 0 saturated heterocycles. The third-order valence-electron chi connectivity index (χ3n) is 4.82. The molecule has 0 aromatic heterocycles. The number of amides is 2. The summed E-state index contributed by atoms with van der Waals surface area (Å²) in [6, 6.07) is 11.6. The summed E-state index contributed by atoms with van der Waals surface area (Å²) in [4.78, 5) is 24.9. The minimum atomic E-state index is -0.626. The van der Waals surface area contributed by atoms with Gasteiger partial charge in [-0.15, -0.1) is 0 Å². The van der Waals surface area contributed by atoms with Crippen molar-refractivity contribution >= 4 is 12.0 Å². The van der Waals surface area contributed by atoms with Crippen LogP contribution in [0, 0.1) is 0 Å². The van der Waals surface area contributed by atoms with Gasteiger partial charge in [-0.1, -0.05) is 18.2 Å². The van der Waals surface area contributed by atoms with Crippen LogP contribution in [0.1, 0.15) is 31.0 Å². The van der Waals surface area contributed by atoms with Gasteiger partial charge in [0.2, 0.25) is 6.79 Å². The average Bonchev–Trinajstić information content (AvgIpc) is 3.20. The monoisotopic (exact) mass is 410 g/mol. The number of rotatable bonds is 6. The van der Waals surface area contributed by atoms with Crippen LogP contribution in [-0.4, -0.2) is 25.4 Å². The Morgan fingerprint density at radius 2 is 1.90 bits per heavy atom. The van der Waals surface area contributed by atoms with E-state index in [9.17, 15) is 9.59 Å². The molecule has 2 aliphatic rings. The molecule has 0 radical (unpaired) electrons. The van der Waals surface area contributed by atoms with E-state index < -0.39 is 12.0 Å². The summed E-state index contributed by atoms with van der Waals surface area (Å²) >= 11 is 0. The zero-order chi connectivity index (χ0) is 21.1. The number of benzene rings is 2. The van der Waals surface area contributed by atoms with Gasteiger partial charge in [0.15, 0.2) is 11.5 Å². The summed E-state index contributed by atoms with van der Waals surface area (Å²) in [5, 5.41) is 5.43. The molecule has 2 aliphatic heterocycles. The highest BCUT2D eigenvalue weighted by atomic mass is 16.7. The summed E-state index contributed by atoms with van der Waals surface area (Å²) in [6.07, 6.45) is 0. The Hall–Kier alpha value is -3.68. The molecule has 0 unspecified atom stereocenters. The highest BCUT2D eigenvalue weighted by Gasteiger charge is 2.32. The van der Waals surface area contributed by atoms with E-state index in [1.165, 1.54) is 0 Å². The average molecular weight is 410 g/mol. The first kappa shape index (κ1) is 19.6. The van der Waals surface area contributed by atoms with Gasteiger partial charge >= 0.3 is 12.0 Å². The maximum atomic E-state index is 12.9. The molecular formula is C22H22N2O6. The van der Waals surface area contributed by atoms with E-state index in [1.807, 2.05) is 25.1 Å². The third-order valence-corrected chi connectivity index (χ3v) is 4.82. The normalized spacial score (nSPS) is 17.3. The van der Waals surface area contributed by atoms with Crippen molar-refractivity contribution in [2.24, 2.45) is 0 Å². The van der Waals surface area contributed by atoms with Gasteiger partial charge in [-0.25, -0.2) is 9.59 Å². The van der Waals surface area contributed by atoms with Crippen molar-refractivity contribution in [1.29, 1.82) is 0 Å². The van der Waals surface area contributed by atoms with Crippen molar-refractivity contribution in [3.05, 3.63) is 64.9 Å². The predicted octanol–water partition coefficient (Wildman–Crippen LogP) is 3.19. The fourth-order valence-electron chi connectivity index (χ4n) is 3.39. The molecule has 0 aliphatic carbocycles. The topological polar surface area (TPSA) is 95.1 Å². The number of hydrogen-bond donors (Lipinski definition) is 2. The lowest BCUT2D eigenvalue weighted by Gasteiger charge is -2.28. The molecule has 2 aromatic carbocycles. The summed E-state index contributed by atoms with van der Waals surface area (Å²) in [5.41, 5.74) is 2.33. The van der Waals surface area contributed by atoms with Crippen LogP contribution in [0.3, 0.4) is 0 Å². The predicted molar refractivity (Wildman–Crippen MR) is 107 cm³/mol. The van der Waals surface area contributed by atoms with Crippen molar-refractivity contribution in [3.8, 4) is 17.2 Å². The largest absolute Gasteiger partial charge is 0.494 e. The second-order valence-corrected chi connectivity index (χ2v) is 6.84. The minimum absolute atomic E-state index is 0.0657. The molecule has 0 fully saturated rings. The summed E-state index contributed by atoms with van der Waals surface area (Å²) < 4.78 is 21.6. The molecule has 0 saturated carbocycles. The molecule has 8 heteroatoms. The molecule has 2 aromatic rings. The van der Waals surface area contributed by atoms with Crippen LogP contribution < -0.4 is 24.8 Å². The standard InChI is InChI=1S/C22H22N2O6/c1-3-27-16-7-5-15(6-8-16)20-19(13(2)23-22(26)24-20)21(25)28-11-14-4-9-17-18(10-14)30-12-29-17/h4-10,20H,3,11-12H2,1-2H3,(H2,23,24,26)/t20-/m0/s1. The molecule has 4 rings (SSSR count). The highest BCUT2D eigenvalue weighted by molar-refractivity contribution is 5.95. The van der Waals surface area contributed by atoms with E-state index in [0.29, 0.717) is 35.1 Å². The first-order chi connectivity index (χ1) is 14.5. The van der Waals surface area contributed by atoms with Crippen molar-refractivity contribution in [2.75, 3.05) is 13.4 Å². The van der Waals surface area contributed by atoms with E-state index >= 15 is 0 Å². The molecule has 2 amide bonds. The summed E-state index contributed by atoms with van der Waals surface area (Å²) in [5.74, 6) is 1.49. The lowest BCUT2D eigenvalue weighted by Crippen LogP contribution is -2.45. The van der Waals surface area contributed by atoms with Crippen molar-refractivity contribution in [3.63, 3.8) is 0 Å². The molecule has 2 heterocycles. The zero-order valence-corrected chi connectivity index (χ0v) is 16.7. The van der Waals surface area contributed by atoms with Crippen LogP contribution in [0.15, 0.2) is 53.7 Å². The van der Waals surface area contributed by atoms with E-state index in [2.05, 4.69) is 10.6 Å². The fraction of sp³-hybridized carbons (Fsp3) is 0.273. The number of fused-ring (bicyclic) bond motifs is 1. The van der Waals surface area contributed by atoms with Gasteiger partial charge in [0.25, 0.3) is 0 Å². The first-order valence-corrected chi connectivity index (χ1v) is 9.62. The van der Waals surface area contributed by atoms with Gasteiger partial charge in [-0.3, -0.25) is 0 Å². The Bertz CT molecular complexity index is 999. The number of ether oxygens (including phenoxy) is 4. The van der Waals surface area contributed by atoms with Gasteiger partial charge in [0.05, 0.1) is 18.2 Å². The zero-order valence-electron chi connectivity index (χ0n) is 16.7. The Morgan fingerprint density at radius 1 is 1.13 bits per heavy atom. The van der Waals surface area contributed by atoms with Gasteiger partial charge in [-0.2, -0.15) is 0 Å². The second kappa shape index (κ2) is 8.36. The number of hydrogen-bond acceptors (Lipinski definition) is 6. The van der Waals surface area contributed by atoms with Crippen molar-refractivity contribution in [1.82, 2.24) is 10.6 Å². The smallest absolute Gasteiger partial charge is 0.338 e. The number of carbonyl (C=O) groups is 2. The van der Waals surface area contributed by atoms with E-state index in [-0.39, 0.29) is 19.4 Å². The second-order valence-electron chi connectivity index (χ2n) is 6.84. The Balaban J connectivity index is 1.52. The number of carbonyl (C=O) groups excluding carboxylic acids is 2. The molecule has 156 valence electrons. The van der Waals surface area contributed by atoms with Gasteiger partial charge in [0, 0.05) is 5.70 Å². The highest BCUT2D eigenvalue weighted by Crippen LogP contribution is 2.33. The SMILES string of the molecule is CCOc1ccc([C@@H]2NC(=O)NC(C)=C2C(=O)OCc2ccc3c(c2)OCO3)cc1. The molecule has 1 atom stereocenters. The number of allylic oxidation sites excluding steroid dienone is 1. The van der Waals surface area contributed by atoms with Crippen molar-refractivity contribution in [2.45, 2.75) is 26.5 Å². The van der Waals surface area contributed by atoms with E-state index in [0.717, 1.165) is 11.1 Å². The van der Waals surface area contributed by atoms with Gasteiger partial charge in [-0.05, 0) is 49.2 Å². The first-order valence-electron chi connectivity index (χ1n) is 9.62. The van der Waals surface area contributed by atoms with Crippen LogP contribution in [0.5, 0.6) is 17.2 Å². The molecule has 2 N–H and O–H groups in total. The number of urea groups is 1. The summed E-state index contributed by atoms with van der Waals surface area (Å²) in [6.45, 7) is 4.38. The Morgan fingerprint density at radius 3 is 2.67 bits per heavy atom.